The summed E-state index contributed by atoms with van der Waals surface area (Å²) >= 11 is 0. The van der Waals surface area contributed by atoms with Crippen LogP contribution in [0.15, 0.2) is 48.6 Å². The molecule has 0 fully saturated rings. The van der Waals surface area contributed by atoms with Crippen molar-refractivity contribution in [2.75, 3.05) is 13.2 Å². The molecule has 0 spiro atoms. The summed E-state index contributed by atoms with van der Waals surface area (Å²) in [5.74, 6) is -0.857. The van der Waals surface area contributed by atoms with Gasteiger partial charge in [0.25, 0.3) is 0 Å². The van der Waals surface area contributed by atoms with Crippen LogP contribution in [0.1, 0.15) is 387 Å². The van der Waals surface area contributed by atoms with E-state index in [1.54, 1.807) is 0 Å². The molecule has 0 aliphatic rings. The van der Waals surface area contributed by atoms with E-state index in [9.17, 15) is 14.4 Å². The van der Waals surface area contributed by atoms with Gasteiger partial charge in [-0.3, -0.25) is 14.4 Å². The molecular formula is C74H136O6. The van der Waals surface area contributed by atoms with Gasteiger partial charge in [-0.25, -0.2) is 0 Å². The molecule has 0 bridgehead atoms. The highest BCUT2D eigenvalue weighted by Gasteiger charge is 2.19. The summed E-state index contributed by atoms with van der Waals surface area (Å²) in [4.78, 5) is 38.5. The fourth-order valence-electron chi connectivity index (χ4n) is 10.8. The predicted octanol–water partition coefficient (Wildman–Crippen LogP) is 24.5. The quantitative estimate of drug-likeness (QED) is 0.0261. The number of carbonyl (C=O) groups is 3. The largest absolute Gasteiger partial charge is 0.462 e. The Kier molecular flexibility index (Phi) is 66.6. The predicted molar refractivity (Wildman–Crippen MR) is 349 cm³/mol. The zero-order valence-corrected chi connectivity index (χ0v) is 53.9. The molecule has 6 heteroatoms. The first-order valence-corrected chi connectivity index (χ1v) is 35.6. The van der Waals surface area contributed by atoms with Crippen molar-refractivity contribution in [1.82, 2.24) is 0 Å². The molecule has 0 saturated heterocycles. The topological polar surface area (TPSA) is 78.9 Å². The maximum Gasteiger partial charge on any atom is 0.306 e. The van der Waals surface area contributed by atoms with Crippen LogP contribution in [-0.2, 0) is 28.6 Å². The van der Waals surface area contributed by atoms with Gasteiger partial charge in [-0.15, -0.1) is 0 Å². The first-order valence-electron chi connectivity index (χ1n) is 35.6. The van der Waals surface area contributed by atoms with Crippen molar-refractivity contribution < 1.29 is 28.6 Å². The monoisotopic (exact) mass is 1120 g/mol. The molecule has 0 amide bonds. The van der Waals surface area contributed by atoms with Crippen LogP contribution < -0.4 is 0 Å². The van der Waals surface area contributed by atoms with Crippen molar-refractivity contribution in [3.63, 3.8) is 0 Å². The Bertz CT molecular complexity index is 1380. The number of hydrogen-bond acceptors (Lipinski definition) is 6. The molecule has 6 nitrogen and oxygen atoms in total. The Morgan fingerprint density at radius 2 is 0.487 bits per heavy atom. The van der Waals surface area contributed by atoms with E-state index < -0.39 is 6.10 Å². The first-order chi connectivity index (χ1) is 39.5. The van der Waals surface area contributed by atoms with E-state index in [0.717, 1.165) is 96.3 Å². The van der Waals surface area contributed by atoms with E-state index in [1.807, 2.05) is 0 Å². The lowest BCUT2D eigenvalue weighted by atomic mass is 10.0. The molecule has 0 rings (SSSR count). The van der Waals surface area contributed by atoms with E-state index in [-0.39, 0.29) is 31.1 Å². The number of carbonyl (C=O) groups excluding carboxylic acids is 3. The number of unbranched alkanes of at least 4 members (excludes halogenated alkanes) is 47. The summed E-state index contributed by atoms with van der Waals surface area (Å²) in [6, 6.07) is 0. The minimum atomic E-state index is -0.780. The van der Waals surface area contributed by atoms with E-state index in [1.165, 1.54) is 250 Å². The van der Waals surface area contributed by atoms with Gasteiger partial charge in [-0.05, 0) is 57.8 Å². The highest BCUT2D eigenvalue weighted by Crippen LogP contribution is 2.19. The van der Waals surface area contributed by atoms with Crippen LogP contribution in [0, 0.1) is 0 Å². The van der Waals surface area contributed by atoms with Gasteiger partial charge < -0.3 is 14.2 Å². The number of esters is 3. The minimum Gasteiger partial charge on any atom is -0.462 e. The van der Waals surface area contributed by atoms with Crippen molar-refractivity contribution in [2.24, 2.45) is 0 Å². The molecule has 0 aliphatic heterocycles. The van der Waals surface area contributed by atoms with Gasteiger partial charge in [0.2, 0.25) is 0 Å². The van der Waals surface area contributed by atoms with Crippen LogP contribution in [0.3, 0.4) is 0 Å². The van der Waals surface area contributed by atoms with Gasteiger partial charge in [-0.1, -0.05) is 358 Å². The Morgan fingerprint density at radius 3 is 0.762 bits per heavy atom. The molecule has 1 atom stereocenters. The van der Waals surface area contributed by atoms with Crippen LogP contribution in [0.4, 0.5) is 0 Å². The van der Waals surface area contributed by atoms with Crippen LogP contribution in [0.5, 0.6) is 0 Å². The zero-order valence-electron chi connectivity index (χ0n) is 53.9. The molecule has 0 radical (unpaired) electrons. The standard InChI is InChI=1S/C74H136O6/c1-4-7-10-13-16-19-22-25-28-31-34-35-36-37-38-41-43-46-49-52-55-58-61-64-67-73(76)79-70-71(80-74(77)68-65-62-59-56-53-50-47-44-40-33-30-27-24-21-18-15-12-9-6-3)69-78-72(75)66-63-60-57-54-51-48-45-42-39-32-29-26-23-20-17-14-11-8-5-2/h9,12,18,21,27,30,40,44,71H,4-8,10-11,13-17,19-20,22-26,28-29,31-39,41-43,45-70H2,1-3H3/b12-9-,21-18-,30-27-,44-40-. The molecule has 0 aromatic carbocycles. The SMILES string of the molecule is CC/C=C\C/C=C\C/C=C\C/C=C\CCCCCCCCC(=O)OC(COC(=O)CCCCCCCCCCCCCCCCCCCCC)COC(=O)CCCCCCCCCCCCCCCCCCCCCCCCCC. The summed E-state index contributed by atoms with van der Waals surface area (Å²) in [5.41, 5.74) is 0. The zero-order chi connectivity index (χ0) is 57.8. The summed E-state index contributed by atoms with van der Waals surface area (Å²) in [7, 11) is 0. The van der Waals surface area contributed by atoms with Gasteiger partial charge in [0.05, 0.1) is 0 Å². The van der Waals surface area contributed by atoms with Crippen LogP contribution in [0.25, 0.3) is 0 Å². The Morgan fingerprint density at radius 1 is 0.263 bits per heavy atom. The Hall–Kier alpha value is -2.63. The highest BCUT2D eigenvalue weighted by molar-refractivity contribution is 5.71. The van der Waals surface area contributed by atoms with E-state index in [4.69, 9.17) is 14.2 Å². The molecule has 0 N–H and O–H groups in total. The summed E-state index contributed by atoms with van der Waals surface area (Å²) < 4.78 is 17.0. The van der Waals surface area contributed by atoms with Crippen LogP contribution in [-0.4, -0.2) is 37.2 Å². The van der Waals surface area contributed by atoms with Crippen molar-refractivity contribution in [2.45, 2.75) is 393 Å². The average molecular weight is 1120 g/mol. The van der Waals surface area contributed by atoms with E-state index in [0.29, 0.717) is 19.3 Å². The summed E-state index contributed by atoms with van der Waals surface area (Å²) in [6.45, 7) is 6.60. The van der Waals surface area contributed by atoms with Gasteiger partial charge in [0.1, 0.15) is 13.2 Å². The lowest BCUT2D eigenvalue weighted by molar-refractivity contribution is -0.167. The second kappa shape index (κ2) is 68.9. The average Bonchev–Trinajstić information content (AvgIpc) is 3.46. The maximum absolute atomic E-state index is 13.0. The second-order valence-corrected chi connectivity index (χ2v) is 24.1. The van der Waals surface area contributed by atoms with E-state index >= 15 is 0 Å². The fraction of sp³-hybridized carbons (Fsp3) is 0.851. The molecule has 0 saturated carbocycles. The maximum atomic E-state index is 13.0. The van der Waals surface area contributed by atoms with Crippen LogP contribution >= 0.6 is 0 Å². The smallest absolute Gasteiger partial charge is 0.306 e. The molecule has 0 aromatic rings. The third-order valence-electron chi connectivity index (χ3n) is 16.1. The van der Waals surface area contributed by atoms with E-state index in [2.05, 4.69) is 69.4 Å². The third kappa shape index (κ3) is 66.2. The normalized spacial score (nSPS) is 12.3. The number of allylic oxidation sites excluding steroid dienone is 8. The fourth-order valence-corrected chi connectivity index (χ4v) is 10.8. The number of hydrogen-bond donors (Lipinski definition) is 0. The third-order valence-corrected chi connectivity index (χ3v) is 16.1. The second-order valence-electron chi connectivity index (χ2n) is 24.1. The Balaban J connectivity index is 4.31. The van der Waals surface area contributed by atoms with Crippen molar-refractivity contribution in [1.29, 1.82) is 0 Å². The molecule has 468 valence electrons. The van der Waals surface area contributed by atoms with Gasteiger partial charge in [-0.2, -0.15) is 0 Å². The number of rotatable bonds is 66. The highest BCUT2D eigenvalue weighted by atomic mass is 16.6. The van der Waals surface area contributed by atoms with Gasteiger partial charge in [0, 0.05) is 19.3 Å². The van der Waals surface area contributed by atoms with Crippen molar-refractivity contribution in [3.8, 4) is 0 Å². The summed E-state index contributed by atoms with van der Waals surface area (Å²) in [6.07, 6.45) is 87.1. The first kappa shape index (κ1) is 77.4. The Labute approximate surface area is 498 Å². The van der Waals surface area contributed by atoms with Crippen molar-refractivity contribution >= 4 is 17.9 Å². The molecule has 80 heavy (non-hydrogen) atoms. The molecule has 0 aliphatic carbocycles. The lowest BCUT2D eigenvalue weighted by Gasteiger charge is -2.18. The minimum absolute atomic E-state index is 0.0736. The molecule has 0 aromatic heterocycles. The summed E-state index contributed by atoms with van der Waals surface area (Å²) in [5, 5.41) is 0. The van der Waals surface area contributed by atoms with Gasteiger partial charge in [0.15, 0.2) is 6.10 Å². The number of ether oxygens (including phenoxy) is 3. The lowest BCUT2D eigenvalue weighted by Crippen LogP contribution is -2.30. The van der Waals surface area contributed by atoms with Crippen LogP contribution in [0.2, 0.25) is 0 Å². The van der Waals surface area contributed by atoms with Crippen molar-refractivity contribution in [3.05, 3.63) is 48.6 Å². The molecule has 0 heterocycles. The molecular weight excluding hydrogens is 985 g/mol. The van der Waals surface area contributed by atoms with Gasteiger partial charge >= 0.3 is 17.9 Å². The molecule has 1 unspecified atom stereocenters.